The van der Waals surface area contributed by atoms with Gasteiger partial charge in [0, 0.05) is 35.7 Å². The van der Waals surface area contributed by atoms with E-state index in [2.05, 4.69) is 105 Å². The lowest BCUT2D eigenvalue weighted by Gasteiger charge is -2.12. The van der Waals surface area contributed by atoms with Crippen LogP contribution < -0.4 is 0 Å². The van der Waals surface area contributed by atoms with Gasteiger partial charge in [0.1, 0.15) is 11.6 Å². The van der Waals surface area contributed by atoms with Gasteiger partial charge in [0.25, 0.3) is 0 Å². The second kappa shape index (κ2) is 11.4. The minimum Gasteiger partial charge on any atom is -0.274 e. The van der Waals surface area contributed by atoms with Crippen LogP contribution in [0.2, 0.25) is 0 Å². The summed E-state index contributed by atoms with van der Waals surface area (Å²) < 4.78 is 4.28. The molecule has 0 fully saturated rings. The highest BCUT2D eigenvalue weighted by Crippen LogP contribution is 2.26. The van der Waals surface area contributed by atoms with Crippen LogP contribution >= 0.6 is 23.5 Å². The van der Waals surface area contributed by atoms with Crippen LogP contribution in [0, 0.1) is 13.8 Å². The molecule has 2 heterocycles. The summed E-state index contributed by atoms with van der Waals surface area (Å²) in [6, 6.07) is 16.8. The number of nitrogens with zero attached hydrogens (tertiary/aromatic N) is 6. The van der Waals surface area contributed by atoms with Gasteiger partial charge in [0.05, 0.1) is 0 Å². The molecule has 0 aliphatic rings. The zero-order valence-corrected chi connectivity index (χ0v) is 21.1. The van der Waals surface area contributed by atoms with Gasteiger partial charge in [0.15, 0.2) is 10.3 Å². The summed E-state index contributed by atoms with van der Waals surface area (Å²) in [6.45, 7) is 11.9. The number of aryl methyl sites for hydroxylation is 4. The van der Waals surface area contributed by atoms with Crippen molar-refractivity contribution in [2.24, 2.45) is 0 Å². The lowest BCUT2D eigenvalue weighted by Crippen LogP contribution is -2.08. The van der Waals surface area contributed by atoms with Gasteiger partial charge in [-0.3, -0.25) is 9.13 Å². The predicted molar refractivity (Wildman–Crippen MR) is 141 cm³/mol. The van der Waals surface area contributed by atoms with Crippen LogP contribution in [-0.2, 0) is 12.8 Å². The SMILES string of the molecule is C=CCSc1nnc(CCc2nnc(SCC=C)n2-c2cccc(C)c2)n1-c1cccc(C)c1. The minimum atomic E-state index is 0.686. The number of benzene rings is 2. The van der Waals surface area contributed by atoms with Crippen molar-refractivity contribution >= 4 is 23.5 Å². The van der Waals surface area contributed by atoms with Crippen molar-refractivity contribution in [3.05, 3.63) is 96.6 Å². The van der Waals surface area contributed by atoms with Crippen LogP contribution in [0.1, 0.15) is 22.8 Å². The van der Waals surface area contributed by atoms with Crippen molar-refractivity contribution in [1.29, 1.82) is 0 Å². The lowest BCUT2D eigenvalue weighted by atomic mass is 10.2. The molecular weight excluding hydrogens is 460 g/mol. The fourth-order valence-corrected chi connectivity index (χ4v) is 5.07. The van der Waals surface area contributed by atoms with Gasteiger partial charge >= 0.3 is 0 Å². The molecule has 0 unspecified atom stereocenters. The maximum absolute atomic E-state index is 4.55. The van der Waals surface area contributed by atoms with Crippen LogP contribution in [0.4, 0.5) is 0 Å². The third-order valence-electron chi connectivity index (χ3n) is 5.15. The van der Waals surface area contributed by atoms with Crippen molar-refractivity contribution in [2.75, 3.05) is 11.5 Å². The first-order valence-corrected chi connectivity index (χ1v) is 13.1. The zero-order chi connectivity index (χ0) is 23.9. The smallest absolute Gasteiger partial charge is 0.196 e. The van der Waals surface area contributed by atoms with Gasteiger partial charge in [-0.25, -0.2) is 0 Å². The van der Waals surface area contributed by atoms with E-state index in [1.165, 1.54) is 11.1 Å². The third kappa shape index (κ3) is 5.51. The van der Waals surface area contributed by atoms with Crippen LogP contribution in [0.5, 0.6) is 0 Å². The molecule has 0 bridgehead atoms. The molecule has 0 aliphatic heterocycles. The summed E-state index contributed by atoms with van der Waals surface area (Å²) in [7, 11) is 0. The Balaban J connectivity index is 1.67. The summed E-state index contributed by atoms with van der Waals surface area (Å²) in [5.41, 5.74) is 4.52. The molecule has 0 saturated carbocycles. The summed E-state index contributed by atoms with van der Waals surface area (Å²) >= 11 is 3.26. The van der Waals surface area contributed by atoms with E-state index in [1.807, 2.05) is 12.2 Å². The molecule has 6 nitrogen and oxygen atoms in total. The Bertz CT molecular complexity index is 1190. The average Bonchev–Trinajstić information content (AvgIpc) is 3.43. The fourth-order valence-electron chi connectivity index (χ4n) is 3.65. The maximum Gasteiger partial charge on any atom is 0.196 e. The highest BCUT2D eigenvalue weighted by molar-refractivity contribution is 7.99. The Hall–Kier alpha value is -3.10. The van der Waals surface area contributed by atoms with Crippen LogP contribution in [0.3, 0.4) is 0 Å². The fraction of sp³-hybridized carbons (Fsp3) is 0.231. The average molecular weight is 489 g/mol. The highest BCUT2D eigenvalue weighted by Gasteiger charge is 2.18. The molecule has 0 spiro atoms. The van der Waals surface area contributed by atoms with E-state index >= 15 is 0 Å². The monoisotopic (exact) mass is 488 g/mol. The molecule has 8 heteroatoms. The van der Waals surface area contributed by atoms with Gasteiger partial charge in [-0.05, 0) is 49.2 Å². The van der Waals surface area contributed by atoms with E-state index in [0.29, 0.717) is 12.8 Å². The van der Waals surface area contributed by atoms with Crippen molar-refractivity contribution < 1.29 is 0 Å². The molecular formula is C26H28N6S2. The molecule has 174 valence electrons. The molecule has 0 atom stereocenters. The van der Waals surface area contributed by atoms with Gasteiger partial charge in [-0.15, -0.1) is 33.6 Å². The second-order valence-corrected chi connectivity index (χ2v) is 9.82. The van der Waals surface area contributed by atoms with E-state index in [4.69, 9.17) is 0 Å². The van der Waals surface area contributed by atoms with E-state index in [1.54, 1.807) is 23.5 Å². The van der Waals surface area contributed by atoms with E-state index in [-0.39, 0.29) is 0 Å². The largest absolute Gasteiger partial charge is 0.274 e. The Morgan fingerprint density at radius 3 is 1.53 bits per heavy atom. The van der Waals surface area contributed by atoms with Gasteiger partial charge in [-0.1, -0.05) is 59.9 Å². The number of thioether (sulfide) groups is 2. The third-order valence-corrected chi connectivity index (χ3v) is 7.00. The quantitative estimate of drug-likeness (QED) is 0.196. The Kier molecular flexibility index (Phi) is 8.03. The van der Waals surface area contributed by atoms with Crippen molar-refractivity contribution in [1.82, 2.24) is 29.5 Å². The van der Waals surface area contributed by atoms with E-state index in [0.717, 1.165) is 44.8 Å². The molecule has 0 saturated heterocycles. The topological polar surface area (TPSA) is 61.4 Å². The maximum atomic E-state index is 4.55. The molecule has 4 aromatic rings. The first kappa shape index (κ1) is 24.0. The molecule has 0 amide bonds. The number of hydrogen-bond acceptors (Lipinski definition) is 6. The lowest BCUT2D eigenvalue weighted by molar-refractivity contribution is 0.745. The van der Waals surface area contributed by atoms with E-state index in [9.17, 15) is 0 Å². The minimum absolute atomic E-state index is 0.686. The first-order valence-electron chi connectivity index (χ1n) is 11.1. The summed E-state index contributed by atoms with van der Waals surface area (Å²) in [5, 5.41) is 19.8. The van der Waals surface area contributed by atoms with Crippen LogP contribution in [0.15, 0.2) is 84.2 Å². The molecule has 2 aromatic heterocycles. The summed E-state index contributed by atoms with van der Waals surface area (Å²) in [6.07, 6.45) is 5.13. The van der Waals surface area contributed by atoms with E-state index < -0.39 is 0 Å². The standard InChI is InChI=1S/C26H28N6S2/c1-5-15-33-25-29-27-23(31(25)21-11-7-9-19(3)17-21)13-14-24-28-30-26(34-16-6-2)32(24)22-12-8-10-20(4)18-22/h5-12,17-18H,1-2,13-16H2,3-4H3. The highest BCUT2D eigenvalue weighted by atomic mass is 32.2. The Morgan fingerprint density at radius 2 is 1.15 bits per heavy atom. The van der Waals surface area contributed by atoms with Crippen LogP contribution in [0.25, 0.3) is 11.4 Å². The summed E-state index contributed by atoms with van der Waals surface area (Å²) in [4.78, 5) is 0. The number of hydrogen-bond donors (Lipinski definition) is 0. The molecule has 0 radical (unpaired) electrons. The molecule has 4 rings (SSSR count). The predicted octanol–water partition coefficient (Wildman–Crippen LogP) is 5.81. The molecule has 2 aromatic carbocycles. The Labute approximate surface area is 209 Å². The van der Waals surface area contributed by atoms with Crippen molar-refractivity contribution in [3.8, 4) is 11.4 Å². The second-order valence-electron chi connectivity index (χ2n) is 7.85. The molecule has 34 heavy (non-hydrogen) atoms. The number of rotatable bonds is 11. The molecule has 0 aliphatic carbocycles. The van der Waals surface area contributed by atoms with Crippen molar-refractivity contribution in [2.45, 2.75) is 37.0 Å². The molecule has 0 N–H and O–H groups in total. The van der Waals surface area contributed by atoms with Crippen molar-refractivity contribution in [3.63, 3.8) is 0 Å². The first-order chi connectivity index (χ1) is 16.6. The normalized spacial score (nSPS) is 11.0. The van der Waals surface area contributed by atoms with Gasteiger partial charge in [-0.2, -0.15) is 0 Å². The summed E-state index contributed by atoms with van der Waals surface area (Å²) in [5.74, 6) is 3.35. The zero-order valence-electron chi connectivity index (χ0n) is 19.5. The van der Waals surface area contributed by atoms with Gasteiger partial charge < -0.3 is 0 Å². The number of aromatic nitrogens is 6. The van der Waals surface area contributed by atoms with Gasteiger partial charge in [0.2, 0.25) is 0 Å². The Morgan fingerprint density at radius 1 is 0.706 bits per heavy atom. The van der Waals surface area contributed by atoms with Crippen LogP contribution in [-0.4, -0.2) is 41.0 Å².